The van der Waals surface area contributed by atoms with Crippen molar-refractivity contribution in [1.29, 1.82) is 0 Å². The van der Waals surface area contributed by atoms with Crippen LogP contribution in [-0.2, 0) is 6.54 Å². The molecule has 6 nitrogen and oxygen atoms in total. The lowest BCUT2D eigenvalue weighted by molar-refractivity contribution is 0.317. The van der Waals surface area contributed by atoms with E-state index in [2.05, 4.69) is 15.1 Å². The Hall–Kier alpha value is -2.70. The molecule has 0 aliphatic heterocycles. The van der Waals surface area contributed by atoms with E-state index in [4.69, 9.17) is 10.9 Å². The lowest BCUT2D eigenvalue weighted by Crippen LogP contribution is -2.28. The van der Waals surface area contributed by atoms with Gasteiger partial charge in [-0.15, -0.1) is 0 Å². The van der Waals surface area contributed by atoms with Crippen LogP contribution < -0.4 is 10.6 Å². The summed E-state index contributed by atoms with van der Waals surface area (Å²) in [5.74, 6) is 0.357. The fourth-order valence-electron chi connectivity index (χ4n) is 1.84. The topological polar surface area (TPSA) is 87.6 Å². The van der Waals surface area contributed by atoms with Gasteiger partial charge in [-0.05, 0) is 23.8 Å². The third-order valence-corrected chi connectivity index (χ3v) is 2.90. The monoisotopic (exact) mass is 289 g/mol. The first-order valence-electron chi connectivity index (χ1n) is 6.41. The van der Waals surface area contributed by atoms with Crippen LogP contribution in [0.5, 0.6) is 0 Å². The first-order valence-corrected chi connectivity index (χ1v) is 6.41. The van der Waals surface area contributed by atoms with Crippen molar-refractivity contribution < 1.29 is 9.60 Å². The summed E-state index contributed by atoms with van der Waals surface area (Å²) in [4.78, 5) is 10.0. The number of nitrogens with two attached hydrogens (primary N) is 1. The normalized spacial score (nSPS) is 11.4. The van der Waals surface area contributed by atoms with Crippen LogP contribution in [0.1, 0.15) is 12.0 Å². The minimum atomic E-state index is -0.392. The molecule has 2 rings (SSSR count). The van der Waals surface area contributed by atoms with E-state index in [1.165, 1.54) is 6.07 Å². The van der Waals surface area contributed by atoms with Crippen molar-refractivity contribution in [3.63, 3.8) is 0 Å². The molecule has 0 unspecified atom stereocenters. The van der Waals surface area contributed by atoms with Crippen LogP contribution in [0.25, 0.3) is 0 Å². The summed E-state index contributed by atoms with van der Waals surface area (Å²) in [5.41, 5.74) is 6.49. The number of pyridine rings is 2. The Morgan fingerprint density at radius 3 is 2.81 bits per heavy atom. The predicted octanol–water partition coefficient (Wildman–Crippen LogP) is 1.76. The van der Waals surface area contributed by atoms with Gasteiger partial charge in [0.25, 0.3) is 0 Å². The Morgan fingerprint density at radius 2 is 2.19 bits per heavy atom. The smallest absolute Gasteiger partial charge is 0.141 e. The Bertz CT molecular complexity index is 588. The number of hydrogen-bond acceptors (Lipinski definition) is 5. The molecule has 0 fully saturated rings. The van der Waals surface area contributed by atoms with E-state index in [0.29, 0.717) is 25.3 Å². The van der Waals surface area contributed by atoms with E-state index < -0.39 is 5.82 Å². The number of nitrogens with zero attached hydrogens (tertiary/aromatic N) is 4. The molecule has 3 N–H and O–H groups in total. The van der Waals surface area contributed by atoms with Crippen molar-refractivity contribution in [2.24, 2.45) is 10.9 Å². The van der Waals surface area contributed by atoms with Gasteiger partial charge in [-0.1, -0.05) is 11.2 Å². The summed E-state index contributed by atoms with van der Waals surface area (Å²) in [6, 6.07) is 6.72. The summed E-state index contributed by atoms with van der Waals surface area (Å²) < 4.78 is 13.0. The number of hydrogen-bond donors (Lipinski definition) is 2. The Labute approximate surface area is 121 Å². The first-order chi connectivity index (χ1) is 10.2. The molecule has 0 radical (unpaired) electrons. The predicted molar refractivity (Wildman–Crippen MR) is 77.5 cm³/mol. The zero-order valence-corrected chi connectivity index (χ0v) is 11.4. The van der Waals surface area contributed by atoms with Gasteiger partial charge in [0.2, 0.25) is 0 Å². The minimum Gasteiger partial charge on any atom is -0.409 e. The van der Waals surface area contributed by atoms with Gasteiger partial charge in [-0.2, -0.15) is 0 Å². The van der Waals surface area contributed by atoms with Crippen molar-refractivity contribution in [3.8, 4) is 0 Å². The van der Waals surface area contributed by atoms with Gasteiger partial charge in [-0.25, -0.2) is 9.37 Å². The van der Waals surface area contributed by atoms with Gasteiger partial charge in [0, 0.05) is 31.9 Å². The second-order valence-corrected chi connectivity index (χ2v) is 4.46. The molecule has 0 aliphatic carbocycles. The van der Waals surface area contributed by atoms with Crippen molar-refractivity contribution >= 4 is 11.7 Å². The average molecular weight is 289 g/mol. The summed E-state index contributed by atoms with van der Waals surface area (Å²) in [6.45, 7) is 1.04. The van der Waals surface area contributed by atoms with Crippen molar-refractivity contribution in [3.05, 3.63) is 54.2 Å². The van der Waals surface area contributed by atoms with E-state index in [9.17, 15) is 4.39 Å². The highest BCUT2D eigenvalue weighted by molar-refractivity contribution is 5.80. The molecule has 0 atom stereocenters. The number of halogens is 1. The van der Waals surface area contributed by atoms with Crippen LogP contribution in [0, 0.1) is 5.82 Å². The first kappa shape index (κ1) is 14.7. The van der Waals surface area contributed by atoms with Crippen LogP contribution in [0.4, 0.5) is 10.2 Å². The van der Waals surface area contributed by atoms with Gasteiger partial charge in [0.1, 0.15) is 17.5 Å². The number of aromatic nitrogens is 2. The average Bonchev–Trinajstić information content (AvgIpc) is 2.53. The van der Waals surface area contributed by atoms with E-state index in [-0.39, 0.29) is 5.84 Å². The lowest BCUT2D eigenvalue weighted by Gasteiger charge is -2.23. The summed E-state index contributed by atoms with van der Waals surface area (Å²) in [7, 11) is 0. The fraction of sp³-hybridized carbons (Fsp3) is 0.214. The number of rotatable bonds is 6. The molecule has 0 aliphatic rings. The zero-order chi connectivity index (χ0) is 15.1. The largest absolute Gasteiger partial charge is 0.409 e. The summed E-state index contributed by atoms with van der Waals surface area (Å²) >= 11 is 0. The molecule has 110 valence electrons. The van der Waals surface area contributed by atoms with Crippen LogP contribution in [0.2, 0.25) is 0 Å². The molecule has 0 aromatic carbocycles. The highest BCUT2D eigenvalue weighted by Gasteiger charge is 2.10. The van der Waals surface area contributed by atoms with Crippen LogP contribution >= 0.6 is 0 Å². The van der Waals surface area contributed by atoms with Gasteiger partial charge in [0.15, 0.2) is 0 Å². The minimum absolute atomic E-state index is 0.133. The lowest BCUT2D eigenvalue weighted by atomic mass is 10.2. The quantitative estimate of drug-likeness (QED) is 0.366. The SMILES string of the molecule is NC(CCN(Cc1cccnc1)c1ccc(F)cn1)=NO. The van der Waals surface area contributed by atoms with E-state index in [0.717, 1.165) is 11.8 Å². The maximum absolute atomic E-state index is 13.0. The van der Waals surface area contributed by atoms with Gasteiger partial charge in [0.05, 0.1) is 6.20 Å². The maximum Gasteiger partial charge on any atom is 0.141 e. The van der Waals surface area contributed by atoms with Gasteiger partial charge < -0.3 is 15.8 Å². The Kier molecular flexibility index (Phi) is 5.03. The van der Waals surface area contributed by atoms with Crippen LogP contribution in [0.15, 0.2) is 48.0 Å². The maximum atomic E-state index is 13.0. The van der Waals surface area contributed by atoms with Crippen molar-refractivity contribution in [2.45, 2.75) is 13.0 Å². The second-order valence-electron chi connectivity index (χ2n) is 4.46. The van der Waals surface area contributed by atoms with E-state index in [1.807, 2.05) is 17.0 Å². The Balaban J connectivity index is 2.15. The molecule has 2 heterocycles. The molecule has 0 spiro atoms. The number of oxime groups is 1. The molecular weight excluding hydrogens is 273 g/mol. The standard InChI is InChI=1S/C14H16FN5O/c15-12-3-4-14(18-9-12)20(7-5-13(16)19-21)10-11-2-1-6-17-8-11/h1-4,6,8-9,21H,5,7,10H2,(H2,16,19). The molecule has 0 saturated heterocycles. The van der Waals surface area contributed by atoms with E-state index >= 15 is 0 Å². The third-order valence-electron chi connectivity index (χ3n) is 2.90. The van der Waals surface area contributed by atoms with Gasteiger partial charge in [-0.3, -0.25) is 4.98 Å². The molecule has 2 aromatic rings. The van der Waals surface area contributed by atoms with Crippen molar-refractivity contribution in [1.82, 2.24) is 9.97 Å². The van der Waals surface area contributed by atoms with Crippen LogP contribution in [0.3, 0.4) is 0 Å². The third kappa shape index (κ3) is 4.41. The van der Waals surface area contributed by atoms with Gasteiger partial charge >= 0.3 is 0 Å². The molecule has 2 aromatic heterocycles. The fourth-order valence-corrected chi connectivity index (χ4v) is 1.84. The molecule has 7 heteroatoms. The highest BCUT2D eigenvalue weighted by Crippen LogP contribution is 2.15. The second kappa shape index (κ2) is 7.18. The molecule has 0 amide bonds. The highest BCUT2D eigenvalue weighted by atomic mass is 19.1. The molecule has 0 bridgehead atoms. The summed E-state index contributed by atoms with van der Waals surface area (Å²) in [6.07, 6.45) is 4.98. The number of amidine groups is 1. The van der Waals surface area contributed by atoms with E-state index in [1.54, 1.807) is 18.5 Å². The molecule has 21 heavy (non-hydrogen) atoms. The molecular formula is C14H16FN5O. The Morgan fingerprint density at radius 1 is 1.33 bits per heavy atom. The zero-order valence-electron chi connectivity index (χ0n) is 11.4. The summed E-state index contributed by atoms with van der Waals surface area (Å²) in [5, 5.41) is 11.6. The molecule has 0 saturated carbocycles. The van der Waals surface area contributed by atoms with Crippen LogP contribution in [-0.4, -0.2) is 27.6 Å². The number of anilines is 1. The van der Waals surface area contributed by atoms with Crippen molar-refractivity contribution in [2.75, 3.05) is 11.4 Å².